The normalized spacial score (nSPS) is 17.7. The highest BCUT2D eigenvalue weighted by Crippen LogP contribution is 2.28. The Labute approximate surface area is 157 Å². The van der Waals surface area contributed by atoms with Gasteiger partial charge in [0.1, 0.15) is 11.6 Å². The third-order valence-electron chi connectivity index (χ3n) is 4.94. The Hall–Kier alpha value is -1.63. The van der Waals surface area contributed by atoms with Crippen LogP contribution in [0.25, 0.3) is 0 Å². The molecule has 7 heteroatoms. The van der Waals surface area contributed by atoms with Gasteiger partial charge in [-0.15, -0.1) is 10.2 Å². The number of guanidine groups is 1. The van der Waals surface area contributed by atoms with Gasteiger partial charge in [0.05, 0.1) is 0 Å². The molecule has 0 saturated heterocycles. The van der Waals surface area contributed by atoms with Crippen LogP contribution in [0.15, 0.2) is 4.99 Å². The fourth-order valence-corrected chi connectivity index (χ4v) is 3.26. The summed E-state index contributed by atoms with van der Waals surface area (Å²) >= 11 is 0. The van der Waals surface area contributed by atoms with Gasteiger partial charge in [0, 0.05) is 52.2 Å². The molecular weight excluding hydrogens is 328 g/mol. The highest BCUT2D eigenvalue weighted by atomic mass is 16.5. The van der Waals surface area contributed by atoms with Gasteiger partial charge >= 0.3 is 0 Å². The van der Waals surface area contributed by atoms with Crippen LogP contribution in [-0.4, -0.2) is 53.6 Å². The molecule has 0 atom stereocenters. The molecule has 2 N–H and O–H groups in total. The van der Waals surface area contributed by atoms with Crippen molar-refractivity contribution in [2.75, 3.05) is 32.8 Å². The van der Waals surface area contributed by atoms with E-state index in [2.05, 4.69) is 37.3 Å². The molecule has 0 aromatic carbocycles. The van der Waals surface area contributed by atoms with Crippen molar-refractivity contribution in [1.82, 2.24) is 25.4 Å². The molecule has 1 aliphatic heterocycles. The second kappa shape index (κ2) is 10.5. The number of ether oxygens (including phenoxy) is 1. The number of rotatable bonds is 10. The predicted octanol–water partition coefficient (Wildman–Crippen LogP) is 1.92. The summed E-state index contributed by atoms with van der Waals surface area (Å²) in [5.74, 6) is 3.97. The van der Waals surface area contributed by atoms with E-state index in [0.717, 1.165) is 82.2 Å². The maximum absolute atomic E-state index is 5.66. The number of fused-ring (bicyclic) bond motifs is 1. The Morgan fingerprint density at radius 3 is 3.00 bits per heavy atom. The van der Waals surface area contributed by atoms with Gasteiger partial charge in [0.15, 0.2) is 5.96 Å². The molecule has 7 nitrogen and oxygen atoms in total. The molecular formula is C19H34N6O. The topological polar surface area (TPSA) is 76.4 Å². The number of aromatic nitrogens is 3. The van der Waals surface area contributed by atoms with Crippen molar-refractivity contribution in [3.05, 3.63) is 11.6 Å². The standard InChI is InChI=1S/C19H34N6O/c1-2-20-19(21-11-6-14-26-15-16-8-9-16)22-12-10-18-24-23-17-7-4-3-5-13-25(17)18/h16H,2-15H2,1H3,(H2,20,21,22). The summed E-state index contributed by atoms with van der Waals surface area (Å²) in [5, 5.41) is 15.5. The SMILES string of the molecule is CCNC(=NCCCOCC1CC1)NCCc1nnc2n1CCCCC2. The van der Waals surface area contributed by atoms with Crippen molar-refractivity contribution in [1.29, 1.82) is 0 Å². The van der Waals surface area contributed by atoms with E-state index in [-0.39, 0.29) is 0 Å². The third-order valence-corrected chi connectivity index (χ3v) is 4.94. The molecule has 2 aliphatic rings. The van der Waals surface area contributed by atoms with Crippen molar-refractivity contribution >= 4 is 5.96 Å². The number of nitrogens with zero attached hydrogens (tertiary/aromatic N) is 4. The Morgan fingerprint density at radius 1 is 1.23 bits per heavy atom. The molecule has 0 unspecified atom stereocenters. The van der Waals surface area contributed by atoms with E-state index in [9.17, 15) is 0 Å². The van der Waals surface area contributed by atoms with Crippen LogP contribution in [0, 0.1) is 5.92 Å². The zero-order chi connectivity index (χ0) is 18.0. The number of aliphatic imine (C=N–C) groups is 1. The molecule has 1 aliphatic carbocycles. The molecule has 3 rings (SSSR count). The first-order chi connectivity index (χ1) is 12.9. The first kappa shape index (κ1) is 19.1. The lowest BCUT2D eigenvalue weighted by Crippen LogP contribution is -2.38. The monoisotopic (exact) mass is 362 g/mol. The minimum absolute atomic E-state index is 0.792. The first-order valence-corrected chi connectivity index (χ1v) is 10.4. The minimum Gasteiger partial charge on any atom is -0.381 e. The summed E-state index contributed by atoms with van der Waals surface area (Å²) < 4.78 is 7.98. The fourth-order valence-electron chi connectivity index (χ4n) is 3.26. The summed E-state index contributed by atoms with van der Waals surface area (Å²) in [6.45, 7) is 7.38. The van der Waals surface area contributed by atoms with Gasteiger partial charge in [-0.2, -0.15) is 0 Å². The van der Waals surface area contributed by atoms with Crippen molar-refractivity contribution in [3.63, 3.8) is 0 Å². The first-order valence-electron chi connectivity index (χ1n) is 10.4. The van der Waals surface area contributed by atoms with Gasteiger partial charge in [0.25, 0.3) is 0 Å². The van der Waals surface area contributed by atoms with Gasteiger partial charge in [-0.3, -0.25) is 4.99 Å². The van der Waals surface area contributed by atoms with Crippen LogP contribution < -0.4 is 10.6 Å². The number of hydrogen-bond donors (Lipinski definition) is 2. The number of hydrogen-bond acceptors (Lipinski definition) is 4. The van der Waals surface area contributed by atoms with Crippen LogP contribution in [0.4, 0.5) is 0 Å². The predicted molar refractivity (Wildman–Crippen MR) is 103 cm³/mol. The average molecular weight is 363 g/mol. The molecule has 1 saturated carbocycles. The van der Waals surface area contributed by atoms with Gasteiger partial charge in [0.2, 0.25) is 0 Å². The molecule has 1 aromatic heterocycles. The van der Waals surface area contributed by atoms with Gasteiger partial charge < -0.3 is 19.9 Å². The molecule has 0 bridgehead atoms. The molecule has 1 fully saturated rings. The van der Waals surface area contributed by atoms with Crippen LogP contribution >= 0.6 is 0 Å². The van der Waals surface area contributed by atoms with Crippen molar-refractivity contribution < 1.29 is 4.74 Å². The van der Waals surface area contributed by atoms with Crippen LogP contribution in [0.2, 0.25) is 0 Å². The summed E-state index contributed by atoms with van der Waals surface area (Å²) in [7, 11) is 0. The van der Waals surface area contributed by atoms with E-state index in [0.29, 0.717) is 0 Å². The minimum atomic E-state index is 0.792. The molecule has 1 aromatic rings. The number of nitrogens with one attached hydrogen (secondary N) is 2. The van der Waals surface area contributed by atoms with Crippen LogP contribution in [0.5, 0.6) is 0 Å². The van der Waals surface area contributed by atoms with E-state index in [1.807, 2.05) is 0 Å². The van der Waals surface area contributed by atoms with E-state index < -0.39 is 0 Å². The molecule has 0 spiro atoms. The fraction of sp³-hybridized carbons (Fsp3) is 0.842. The Bertz CT molecular complexity index is 566. The molecule has 26 heavy (non-hydrogen) atoms. The van der Waals surface area contributed by atoms with Gasteiger partial charge in [-0.1, -0.05) is 6.42 Å². The van der Waals surface area contributed by atoms with E-state index in [1.165, 1.54) is 32.1 Å². The van der Waals surface area contributed by atoms with Crippen molar-refractivity contribution in [2.24, 2.45) is 10.9 Å². The van der Waals surface area contributed by atoms with Crippen molar-refractivity contribution in [2.45, 2.75) is 64.8 Å². The van der Waals surface area contributed by atoms with E-state index in [1.54, 1.807) is 0 Å². The lowest BCUT2D eigenvalue weighted by atomic mass is 10.2. The Kier molecular flexibility index (Phi) is 7.73. The quantitative estimate of drug-likeness (QED) is 0.378. The summed E-state index contributed by atoms with van der Waals surface area (Å²) in [4.78, 5) is 4.64. The third kappa shape index (κ3) is 6.27. The highest BCUT2D eigenvalue weighted by Gasteiger charge is 2.20. The lowest BCUT2D eigenvalue weighted by molar-refractivity contribution is 0.123. The zero-order valence-electron chi connectivity index (χ0n) is 16.2. The van der Waals surface area contributed by atoms with Gasteiger partial charge in [-0.25, -0.2) is 0 Å². The lowest BCUT2D eigenvalue weighted by Gasteiger charge is -2.12. The summed E-state index contributed by atoms with van der Waals surface area (Å²) in [6.07, 6.45) is 9.37. The smallest absolute Gasteiger partial charge is 0.191 e. The summed E-state index contributed by atoms with van der Waals surface area (Å²) in [6, 6.07) is 0. The molecule has 0 radical (unpaired) electrons. The van der Waals surface area contributed by atoms with Crippen LogP contribution in [-0.2, 0) is 24.1 Å². The molecule has 0 amide bonds. The maximum atomic E-state index is 5.66. The van der Waals surface area contributed by atoms with E-state index in [4.69, 9.17) is 4.74 Å². The Balaban J connectivity index is 1.37. The largest absolute Gasteiger partial charge is 0.381 e. The van der Waals surface area contributed by atoms with E-state index >= 15 is 0 Å². The zero-order valence-corrected chi connectivity index (χ0v) is 16.2. The van der Waals surface area contributed by atoms with Crippen LogP contribution in [0.3, 0.4) is 0 Å². The average Bonchev–Trinajstić information content (AvgIpc) is 3.43. The second-order valence-corrected chi connectivity index (χ2v) is 7.30. The van der Waals surface area contributed by atoms with Gasteiger partial charge in [-0.05, 0) is 44.9 Å². The molecule has 146 valence electrons. The molecule has 2 heterocycles. The van der Waals surface area contributed by atoms with Crippen molar-refractivity contribution in [3.8, 4) is 0 Å². The highest BCUT2D eigenvalue weighted by molar-refractivity contribution is 5.79. The Morgan fingerprint density at radius 2 is 2.15 bits per heavy atom. The summed E-state index contributed by atoms with van der Waals surface area (Å²) in [5.41, 5.74) is 0. The number of aryl methyl sites for hydroxylation is 1. The second-order valence-electron chi connectivity index (χ2n) is 7.30. The van der Waals surface area contributed by atoms with Crippen LogP contribution in [0.1, 0.15) is 57.1 Å². The maximum Gasteiger partial charge on any atom is 0.191 e.